The Morgan fingerprint density at radius 3 is 2.50 bits per heavy atom. The first-order valence-corrected chi connectivity index (χ1v) is 13.5. The minimum Gasteiger partial charge on any atom is -0.336 e. The number of anilines is 1. The largest absolute Gasteiger partial charge is 0.336 e. The van der Waals surface area contributed by atoms with Crippen LogP contribution in [0.4, 0.5) is 5.69 Å². The third-order valence-corrected chi connectivity index (χ3v) is 7.28. The maximum absolute atomic E-state index is 13.3. The minimum absolute atomic E-state index is 0.128. The molecular weight excluding hydrogens is 450 g/mol. The molecular formula is C22H38ClN5O3S. The summed E-state index contributed by atoms with van der Waals surface area (Å²) in [4.78, 5) is 17.3. The van der Waals surface area contributed by atoms with Crippen LogP contribution >= 0.6 is 11.6 Å². The number of benzene rings is 1. The van der Waals surface area contributed by atoms with Gasteiger partial charge in [0, 0.05) is 43.8 Å². The highest BCUT2D eigenvalue weighted by Crippen LogP contribution is 2.29. The lowest BCUT2D eigenvalue weighted by Crippen LogP contribution is -2.47. The van der Waals surface area contributed by atoms with Crippen molar-refractivity contribution in [3.8, 4) is 0 Å². The summed E-state index contributed by atoms with van der Waals surface area (Å²) in [5, 5.41) is 0.451. The molecule has 8 nitrogen and oxygen atoms in total. The zero-order chi connectivity index (χ0) is 23.9. The minimum atomic E-state index is -3.53. The van der Waals surface area contributed by atoms with Crippen LogP contribution < -0.4 is 15.8 Å². The summed E-state index contributed by atoms with van der Waals surface area (Å²) in [5.74, 6) is -0.128. The van der Waals surface area contributed by atoms with Gasteiger partial charge in [0.25, 0.3) is 0 Å². The molecule has 0 bridgehead atoms. The SMILES string of the molecule is CC(C)N1CCCN(S(C)(=O)=O)c2cc(Cl)ccc2CN(C(=O)[C@H](N)CCCCN)CC1. The van der Waals surface area contributed by atoms with E-state index in [9.17, 15) is 13.2 Å². The number of hydrogen-bond donors (Lipinski definition) is 2. The summed E-state index contributed by atoms with van der Waals surface area (Å²) in [5.41, 5.74) is 13.1. The van der Waals surface area contributed by atoms with Crippen molar-refractivity contribution in [1.82, 2.24) is 9.80 Å². The molecule has 1 atom stereocenters. The Balaban J connectivity index is 2.43. The first-order chi connectivity index (χ1) is 15.0. The highest BCUT2D eigenvalue weighted by atomic mass is 35.5. The molecule has 0 spiro atoms. The Hall–Kier alpha value is -1.39. The van der Waals surface area contributed by atoms with Gasteiger partial charge in [-0.2, -0.15) is 0 Å². The van der Waals surface area contributed by atoms with Gasteiger partial charge in [0.2, 0.25) is 15.9 Å². The van der Waals surface area contributed by atoms with E-state index in [2.05, 4.69) is 18.7 Å². The van der Waals surface area contributed by atoms with Gasteiger partial charge in [-0.3, -0.25) is 14.0 Å². The van der Waals surface area contributed by atoms with E-state index >= 15 is 0 Å². The normalized spacial score (nSPS) is 17.7. The Morgan fingerprint density at radius 2 is 1.88 bits per heavy atom. The third-order valence-electron chi connectivity index (χ3n) is 5.87. The van der Waals surface area contributed by atoms with Crippen molar-refractivity contribution < 1.29 is 13.2 Å². The number of carbonyl (C=O) groups is 1. The second-order valence-electron chi connectivity index (χ2n) is 8.74. The molecule has 0 unspecified atom stereocenters. The molecule has 1 aliphatic heterocycles. The number of nitrogens with two attached hydrogens (primary N) is 2. The van der Waals surface area contributed by atoms with Crippen molar-refractivity contribution in [3.63, 3.8) is 0 Å². The Labute approximate surface area is 197 Å². The summed E-state index contributed by atoms with van der Waals surface area (Å²) in [7, 11) is -3.53. The Bertz CT molecular complexity index is 865. The topological polar surface area (TPSA) is 113 Å². The second-order valence-corrected chi connectivity index (χ2v) is 11.1. The molecule has 10 heteroatoms. The molecule has 1 heterocycles. The van der Waals surface area contributed by atoms with Crippen LogP contribution in [0, 0.1) is 0 Å². The number of sulfonamides is 1. The number of nitrogens with zero attached hydrogens (tertiary/aromatic N) is 3. The van der Waals surface area contributed by atoms with E-state index < -0.39 is 16.1 Å². The van der Waals surface area contributed by atoms with Gasteiger partial charge in [-0.1, -0.05) is 24.1 Å². The molecule has 1 aliphatic rings. The molecule has 0 aliphatic carbocycles. The quantitative estimate of drug-likeness (QED) is 0.569. The molecule has 0 fully saturated rings. The van der Waals surface area contributed by atoms with Crippen LogP contribution in [-0.2, 0) is 21.4 Å². The molecule has 0 saturated heterocycles. The Kier molecular flexibility index (Phi) is 10.2. The van der Waals surface area contributed by atoms with Crippen LogP contribution in [0.25, 0.3) is 0 Å². The van der Waals surface area contributed by atoms with Crippen LogP contribution in [0.15, 0.2) is 18.2 Å². The molecule has 32 heavy (non-hydrogen) atoms. The highest BCUT2D eigenvalue weighted by molar-refractivity contribution is 7.92. The number of amides is 1. The number of fused-ring (bicyclic) bond motifs is 1. The summed E-state index contributed by atoms with van der Waals surface area (Å²) < 4.78 is 26.7. The summed E-state index contributed by atoms with van der Waals surface area (Å²) in [6.07, 6.45) is 4.07. The zero-order valence-corrected chi connectivity index (χ0v) is 21.0. The van der Waals surface area contributed by atoms with Crippen molar-refractivity contribution in [2.45, 2.75) is 58.2 Å². The lowest BCUT2D eigenvalue weighted by Gasteiger charge is -2.31. The van der Waals surface area contributed by atoms with Crippen LogP contribution in [0.1, 0.15) is 45.1 Å². The van der Waals surface area contributed by atoms with Crippen LogP contribution in [-0.4, -0.2) is 75.2 Å². The van der Waals surface area contributed by atoms with Gasteiger partial charge in [-0.25, -0.2) is 8.42 Å². The molecule has 1 aromatic rings. The fraction of sp³-hybridized carbons (Fsp3) is 0.682. The lowest BCUT2D eigenvalue weighted by atomic mass is 10.1. The molecule has 1 amide bonds. The van der Waals surface area contributed by atoms with E-state index in [0.29, 0.717) is 49.7 Å². The standard InChI is InChI=1S/C22H38ClN5O3S/c1-17(2)26-11-6-12-28(32(3,30)31)21-15-19(23)9-8-18(21)16-27(14-13-26)22(29)20(25)7-4-5-10-24/h8-9,15,17,20H,4-7,10-14,16,24-25H2,1-3H3/t20-/m1/s1. The fourth-order valence-electron chi connectivity index (χ4n) is 4.00. The van der Waals surface area contributed by atoms with Gasteiger partial charge in [0.1, 0.15) is 0 Å². The number of carbonyl (C=O) groups excluding carboxylic acids is 1. The molecule has 0 radical (unpaired) electrons. The third kappa shape index (κ3) is 7.59. The van der Waals surface area contributed by atoms with Gasteiger partial charge >= 0.3 is 0 Å². The molecule has 0 aromatic heterocycles. The molecule has 0 saturated carbocycles. The molecule has 4 N–H and O–H groups in total. The van der Waals surface area contributed by atoms with Gasteiger partial charge in [0.05, 0.1) is 18.0 Å². The number of hydrogen-bond acceptors (Lipinski definition) is 6. The number of rotatable bonds is 7. The van der Waals surface area contributed by atoms with Crippen molar-refractivity contribution in [2.75, 3.05) is 43.3 Å². The monoisotopic (exact) mass is 487 g/mol. The van der Waals surface area contributed by atoms with Crippen molar-refractivity contribution in [1.29, 1.82) is 0 Å². The van der Waals surface area contributed by atoms with Gasteiger partial charge < -0.3 is 16.4 Å². The first-order valence-electron chi connectivity index (χ1n) is 11.3. The number of halogens is 1. The molecule has 182 valence electrons. The van der Waals surface area contributed by atoms with E-state index in [1.165, 1.54) is 10.6 Å². The predicted molar refractivity (Wildman–Crippen MR) is 131 cm³/mol. The smallest absolute Gasteiger partial charge is 0.239 e. The number of unbranched alkanes of at least 4 members (excludes halogenated alkanes) is 1. The van der Waals surface area contributed by atoms with E-state index in [1.807, 2.05) is 0 Å². The Morgan fingerprint density at radius 1 is 1.16 bits per heavy atom. The van der Waals surface area contributed by atoms with E-state index in [0.717, 1.165) is 24.9 Å². The highest BCUT2D eigenvalue weighted by Gasteiger charge is 2.27. The van der Waals surface area contributed by atoms with Crippen LogP contribution in [0.5, 0.6) is 0 Å². The van der Waals surface area contributed by atoms with Gasteiger partial charge in [-0.05, 0) is 57.4 Å². The maximum atomic E-state index is 13.3. The van der Waals surface area contributed by atoms with Gasteiger partial charge in [0.15, 0.2) is 0 Å². The zero-order valence-electron chi connectivity index (χ0n) is 19.5. The lowest BCUT2D eigenvalue weighted by molar-refractivity contribution is -0.133. The fourth-order valence-corrected chi connectivity index (χ4v) is 5.16. The van der Waals surface area contributed by atoms with Crippen molar-refractivity contribution in [3.05, 3.63) is 28.8 Å². The van der Waals surface area contributed by atoms with Crippen molar-refractivity contribution >= 4 is 33.2 Å². The van der Waals surface area contributed by atoms with Crippen LogP contribution in [0.2, 0.25) is 5.02 Å². The molecule has 2 rings (SSSR count). The maximum Gasteiger partial charge on any atom is 0.239 e. The van der Waals surface area contributed by atoms with Crippen molar-refractivity contribution in [2.24, 2.45) is 11.5 Å². The van der Waals surface area contributed by atoms with E-state index in [4.69, 9.17) is 23.1 Å². The summed E-state index contributed by atoms with van der Waals surface area (Å²) in [6, 6.07) is 4.86. The average Bonchev–Trinajstić information content (AvgIpc) is 2.75. The van der Waals surface area contributed by atoms with Crippen LogP contribution in [0.3, 0.4) is 0 Å². The second kappa shape index (κ2) is 12.2. The summed E-state index contributed by atoms with van der Waals surface area (Å²) in [6.45, 7) is 7.34. The predicted octanol–water partition coefficient (Wildman–Crippen LogP) is 2.01. The van der Waals surface area contributed by atoms with E-state index in [1.54, 1.807) is 23.1 Å². The average molecular weight is 488 g/mol. The van der Waals surface area contributed by atoms with E-state index in [-0.39, 0.29) is 18.5 Å². The molecule has 1 aromatic carbocycles. The first kappa shape index (κ1) is 26.9. The summed E-state index contributed by atoms with van der Waals surface area (Å²) >= 11 is 6.24. The van der Waals surface area contributed by atoms with Gasteiger partial charge in [-0.15, -0.1) is 0 Å².